The van der Waals surface area contributed by atoms with Gasteiger partial charge in [-0.15, -0.1) is 0 Å². The van der Waals surface area contributed by atoms with Gasteiger partial charge in [-0.25, -0.2) is 0 Å². The quantitative estimate of drug-likeness (QED) is 0.408. The van der Waals surface area contributed by atoms with Crippen LogP contribution in [0.2, 0.25) is 0 Å². The van der Waals surface area contributed by atoms with Crippen molar-refractivity contribution in [3.63, 3.8) is 0 Å². The minimum Gasteiger partial charge on any atom is -0.320 e. The summed E-state index contributed by atoms with van der Waals surface area (Å²) in [6, 6.07) is 25.4. The van der Waals surface area contributed by atoms with Crippen LogP contribution in [0.4, 0.5) is 5.69 Å². The van der Waals surface area contributed by atoms with Gasteiger partial charge < -0.3 is 5.32 Å². The van der Waals surface area contributed by atoms with Crippen molar-refractivity contribution in [3.05, 3.63) is 106 Å². The number of H-pyrrole nitrogens is 1. The highest BCUT2D eigenvalue weighted by Crippen LogP contribution is 2.25. The minimum absolute atomic E-state index is 0.170. The van der Waals surface area contributed by atoms with Gasteiger partial charge >= 0.3 is 0 Å². The maximum Gasteiger partial charge on any atom is 0.273 e. The van der Waals surface area contributed by atoms with Gasteiger partial charge in [0.2, 0.25) is 0 Å². The number of nitrogens with zero attached hydrogens (tertiary/aromatic N) is 1. The van der Waals surface area contributed by atoms with E-state index in [0.29, 0.717) is 28.2 Å². The van der Waals surface area contributed by atoms with Crippen LogP contribution in [-0.4, -0.2) is 21.9 Å². The number of ketones is 1. The number of carbonyl (C=O) groups is 2. The first-order valence-electron chi connectivity index (χ1n) is 8.93. The summed E-state index contributed by atoms with van der Waals surface area (Å²) in [5.41, 5.74) is 3.28. The number of benzene rings is 3. The predicted molar refractivity (Wildman–Crippen MR) is 116 cm³/mol. The van der Waals surface area contributed by atoms with E-state index in [-0.39, 0.29) is 11.7 Å². The second-order valence-corrected chi connectivity index (χ2v) is 7.29. The van der Waals surface area contributed by atoms with E-state index in [2.05, 4.69) is 31.4 Å². The Bertz CT molecular complexity index is 1170. The molecule has 0 fully saturated rings. The lowest BCUT2D eigenvalue weighted by Crippen LogP contribution is -2.15. The van der Waals surface area contributed by atoms with Crippen LogP contribution in [0.15, 0.2) is 89.4 Å². The van der Waals surface area contributed by atoms with Crippen molar-refractivity contribution in [2.24, 2.45) is 0 Å². The number of carbonyl (C=O) groups excluding carboxylic acids is 2. The van der Waals surface area contributed by atoms with Gasteiger partial charge in [0.25, 0.3) is 5.91 Å². The molecular weight excluding hydrogens is 430 g/mol. The summed E-state index contributed by atoms with van der Waals surface area (Å²) >= 11 is 3.40. The molecule has 0 unspecified atom stereocenters. The van der Waals surface area contributed by atoms with Crippen molar-refractivity contribution in [2.75, 3.05) is 5.32 Å². The summed E-state index contributed by atoms with van der Waals surface area (Å²) in [6.45, 7) is 0. The van der Waals surface area contributed by atoms with Gasteiger partial charge in [0, 0.05) is 21.2 Å². The summed E-state index contributed by atoms with van der Waals surface area (Å²) < 4.78 is 0.752. The summed E-state index contributed by atoms with van der Waals surface area (Å²) in [4.78, 5) is 25.7. The third kappa shape index (κ3) is 4.17. The van der Waals surface area contributed by atoms with Gasteiger partial charge in [0.1, 0.15) is 5.69 Å². The first-order chi connectivity index (χ1) is 14.1. The Morgan fingerprint density at radius 2 is 1.55 bits per heavy atom. The maximum atomic E-state index is 12.9. The van der Waals surface area contributed by atoms with Crippen LogP contribution in [0.25, 0.3) is 11.3 Å². The highest BCUT2D eigenvalue weighted by molar-refractivity contribution is 9.10. The maximum absolute atomic E-state index is 12.9. The van der Waals surface area contributed by atoms with Gasteiger partial charge in [-0.3, -0.25) is 14.7 Å². The van der Waals surface area contributed by atoms with E-state index in [1.54, 1.807) is 48.5 Å². The van der Waals surface area contributed by atoms with E-state index in [4.69, 9.17) is 0 Å². The number of aromatic amines is 1. The molecule has 0 aliphatic rings. The molecule has 0 aliphatic heterocycles. The molecule has 142 valence electrons. The fourth-order valence-corrected chi connectivity index (χ4v) is 3.30. The number of amides is 1. The van der Waals surface area contributed by atoms with E-state index in [1.165, 1.54) is 0 Å². The second kappa shape index (κ2) is 8.24. The molecule has 3 aromatic carbocycles. The molecule has 0 atom stereocenters. The monoisotopic (exact) mass is 445 g/mol. The van der Waals surface area contributed by atoms with Gasteiger partial charge in [-0.05, 0) is 24.3 Å². The van der Waals surface area contributed by atoms with E-state index in [0.717, 1.165) is 10.0 Å². The van der Waals surface area contributed by atoms with Crippen LogP contribution in [-0.2, 0) is 0 Å². The molecule has 0 aliphatic carbocycles. The summed E-state index contributed by atoms with van der Waals surface area (Å²) in [7, 11) is 0. The summed E-state index contributed by atoms with van der Waals surface area (Å²) in [5.74, 6) is -0.541. The zero-order chi connectivity index (χ0) is 20.2. The van der Waals surface area contributed by atoms with Crippen LogP contribution in [0.3, 0.4) is 0 Å². The van der Waals surface area contributed by atoms with Crippen LogP contribution in [0.5, 0.6) is 0 Å². The Kier molecular flexibility index (Phi) is 5.35. The van der Waals surface area contributed by atoms with Crippen LogP contribution in [0.1, 0.15) is 26.4 Å². The average molecular weight is 446 g/mol. The lowest BCUT2D eigenvalue weighted by atomic mass is 10.0. The number of rotatable bonds is 5. The van der Waals surface area contributed by atoms with Gasteiger partial charge in [-0.1, -0.05) is 76.6 Å². The number of halogens is 1. The molecular formula is C23H16BrN3O2. The first kappa shape index (κ1) is 18.8. The number of nitrogens with one attached hydrogen (secondary N) is 2. The summed E-state index contributed by atoms with van der Waals surface area (Å²) in [5, 5.41) is 9.79. The van der Waals surface area contributed by atoms with Crippen molar-refractivity contribution in [1.82, 2.24) is 10.2 Å². The number of aromatic nitrogens is 2. The van der Waals surface area contributed by atoms with Crippen molar-refractivity contribution >= 4 is 33.3 Å². The standard InChI is InChI=1S/C23H16BrN3O2/c24-17-11-12-19(18(13-17)22(28)16-9-5-2-6-10-16)25-23(29)21-14-20(26-27-21)15-7-3-1-4-8-15/h1-14H,(H,25,29)(H,26,27). The number of hydrogen-bond acceptors (Lipinski definition) is 3. The molecule has 29 heavy (non-hydrogen) atoms. The van der Waals surface area contributed by atoms with E-state index in [9.17, 15) is 9.59 Å². The lowest BCUT2D eigenvalue weighted by molar-refractivity contribution is 0.102. The molecule has 0 saturated heterocycles. The zero-order valence-electron chi connectivity index (χ0n) is 15.2. The summed E-state index contributed by atoms with van der Waals surface area (Å²) in [6.07, 6.45) is 0. The predicted octanol–water partition coefficient (Wildman–Crippen LogP) is 5.32. The lowest BCUT2D eigenvalue weighted by Gasteiger charge is -2.10. The molecule has 6 heteroatoms. The van der Waals surface area contributed by atoms with Crippen molar-refractivity contribution in [1.29, 1.82) is 0 Å². The third-order valence-electron chi connectivity index (χ3n) is 4.40. The second-order valence-electron chi connectivity index (χ2n) is 6.37. The van der Waals surface area contributed by atoms with Gasteiger partial charge in [0.15, 0.2) is 5.78 Å². The van der Waals surface area contributed by atoms with E-state index < -0.39 is 0 Å². The molecule has 4 rings (SSSR count). The Hall–Kier alpha value is -3.51. The van der Waals surface area contributed by atoms with Gasteiger partial charge in [-0.2, -0.15) is 5.10 Å². The Labute approximate surface area is 175 Å². The van der Waals surface area contributed by atoms with E-state index >= 15 is 0 Å². The molecule has 1 heterocycles. The molecule has 0 radical (unpaired) electrons. The molecule has 0 bridgehead atoms. The topological polar surface area (TPSA) is 74.8 Å². The highest BCUT2D eigenvalue weighted by atomic mass is 79.9. The zero-order valence-corrected chi connectivity index (χ0v) is 16.8. The Morgan fingerprint density at radius 3 is 2.28 bits per heavy atom. The van der Waals surface area contributed by atoms with Gasteiger partial charge in [0.05, 0.1) is 11.4 Å². The normalized spacial score (nSPS) is 10.5. The SMILES string of the molecule is O=C(Nc1ccc(Br)cc1C(=O)c1ccccc1)c1cc(-c2ccccc2)n[nH]1. The number of hydrogen-bond donors (Lipinski definition) is 2. The Balaban J connectivity index is 1.61. The van der Waals surface area contributed by atoms with Crippen LogP contribution in [0, 0.1) is 0 Å². The molecule has 2 N–H and O–H groups in total. The Morgan fingerprint density at radius 1 is 0.862 bits per heavy atom. The highest BCUT2D eigenvalue weighted by Gasteiger charge is 2.18. The van der Waals surface area contributed by atoms with Crippen LogP contribution >= 0.6 is 15.9 Å². The fourth-order valence-electron chi connectivity index (χ4n) is 2.94. The molecule has 4 aromatic rings. The molecule has 0 spiro atoms. The smallest absolute Gasteiger partial charge is 0.273 e. The first-order valence-corrected chi connectivity index (χ1v) is 9.72. The molecule has 1 amide bonds. The fraction of sp³-hybridized carbons (Fsp3) is 0. The third-order valence-corrected chi connectivity index (χ3v) is 4.90. The van der Waals surface area contributed by atoms with E-state index in [1.807, 2.05) is 36.4 Å². The molecule has 1 aromatic heterocycles. The van der Waals surface area contributed by atoms with Crippen molar-refractivity contribution in [2.45, 2.75) is 0 Å². The number of anilines is 1. The van der Waals surface area contributed by atoms with Crippen molar-refractivity contribution < 1.29 is 9.59 Å². The van der Waals surface area contributed by atoms with Crippen LogP contribution < -0.4 is 5.32 Å². The largest absolute Gasteiger partial charge is 0.320 e. The molecule has 0 saturated carbocycles. The van der Waals surface area contributed by atoms with Crippen molar-refractivity contribution in [3.8, 4) is 11.3 Å². The average Bonchev–Trinajstić information content (AvgIpc) is 3.26. The molecule has 5 nitrogen and oxygen atoms in total. The minimum atomic E-state index is -0.371.